The molecule has 0 aliphatic heterocycles. The van der Waals surface area contributed by atoms with Crippen molar-refractivity contribution < 1.29 is 19.0 Å². The number of benzene rings is 2. The normalized spacial score (nSPS) is 17.6. The highest BCUT2D eigenvalue weighted by Gasteiger charge is 2.20. The number of carbonyl (C=O) groups is 1. The summed E-state index contributed by atoms with van der Waals surface area (Å²) in [5, 5.41) is 0. The second-order valence-corrected chi connectivity index (χ2v) is 10.3. The van der Waals surface area contributed by atoms with Gasteiger partial charge in [0.05, 0.1) is 18.8 Å². The van der Waals surface area contributed by atoms with Gasteiger partial charge >= 0.3 is 5.97 Å². The van der Waals surface area contributed by atoms with Gasteiger partial charge in [-0.1, -0.05) is 64.5 Å². The molecule has 0 saturated heterocycles. The lowest BCUT2D eigenvalue weighted by Crippen LogP contribution is -2.19. The van der Waals surface area contributed by atoms with E-state index < -0.39 is 0 Å². The summed E-state index contributed by atoms with van der Waals surface area (Å²) in [6, 6.07) is 14.5. The molecule has 1 aliphatic rings. The second kappa shape index (κ2) is 16.9. The molecule has 4 nitrogen and oxygen atoms in total. The molecule has 0 atom stereocenters. The summed E-state index contributed by atoms with van der Waals surface area (Å²) in [4.78, 5) is 12.5. The summed E-state index contributed by atoms with van der Waals surface area (Å²) in [6.07, 6.45) is 19.6. The highest BCUT2D eigenvalue weighted by atomic mass is 16.5. The summed E-state index contributed by atoms with van der Waals surface area (Å²) >= 11 is 0. The molecule has 2 aromatic rings. The van der Waals surface area contributed by atoms with E-state index in [1.54, 1.807) is 24.3 Å². The summed E-state index contributed by atoms with van der Waals surface area (Å²) in [7, 11) is 0. The number of unbranched alkanes of at least 4 members (excludes halogenated alkanes) is 6. The molecule has 0 aromatic heterocycles. The van der Waals surface area contributed by atoms with Crippen LogP contribution in [-0.4, -0.2) is 19.2 Å². The Hall–Kier alpha value is -2.75. The molecule has 37 heavy (non-hydrogen) atoms. The molecule has 3 rings (SSSR count). The second-order valence-electron chi connectivity index (χ2n) is 10.3. The Labute approximate surface area is 224 Å². The number of hydrogen-bond acceptors (Lipinski definition) is 4. The zero-order chi connectivity index (χ0) is 26.1. The fourth-order valence-electron chi connectivity index (χ4n) is 4.75. The van der Waals surface area contributed by atoms with Crippen molar-refractivity contribution >= 4 is 5.97 Å². The lowest BCUT2D eigenvalue weighted by Gasteiger charge is -2.26. The molecule has 0 bridgehead atoms. The topological polar surface area (TPSA) is 44.8 Å². The van der Waals surface area contributed by atoms with Gasteiger partial charge in [0.1, 0.15) is 17.2 Å². The van der Waals surface area contributed by atoms with Gasteiger partial charge in [0.2, 0.25) is 0 Å². The standard InChI is InChI=1S/C33H46O4/c1-3-5-7-8-9-11-25-35-30-19-17-29(18-20-30)33(34)37-32-23-21-31(22-24-32)36-26-28-15-13-27(14-16-28)12-10-6-4-2/h10,12,17-24,27-28H,3-9,11,13-16,25-26H2,1-2H3. The van der Waals surface area contributed by atoms with Crippen molar-refractivity contribution in [2.24, 2.45) is 11.8 Å². The first-order chi connectivity index (χ1) is 18.2. The number of rotatable bonds is 16. The van der Waals surface area contributed by atoms with E-state index in [1.165, 1.54) is 70.6 Å². The Morgan fingerprint density at radius 2 is 1.38 bits per heavy atom. The molecular weight excluding hydrogens is 460 g/mol. The average Bonchev–Trinajstić information content (AvgIpc) is 2.93. The molecule has 202 valence electrons. The molecule has 1 saturated carbocycles. The summed E-state index contributed by atoms with van der Waals surface area (Å²) < 4.78 is 17.4. The average molecular weight is 507 g/mol. The van der Waals surface area contributed by atoms with Crippen LogP contribution in [0, 0.1) is 11.8 Å². The van der Waals surface area contributed by atoms with Crippen LogP contribution in [0.2, 0.25) is 0 Å². The number of hydrogen-bond donors (Lipinski definition) is 0. The van der Waals surface area contributed by atoms with Crippen molar-refractivity contribution in [3.63, 3.8) is 0 Å². The third kappa shape index (κ3) is 11.0. The maximum absolute atomic E-state index is 12.5. The molecule has 2 aromatic carbocycles. The van der Waals surface area contributed by atoms with Crippen molar-refractivity contribution in [3.8, 4) is 17.2 Å². The molecular formula is C33H46O4. The fourth-order valence-corrected chi connectivity index (χ4v) is 4.75. The van der Waals surface area contributed by atoms with E-state index in [0.29, 0.717) is 23.8 Å². The van der Waals surface area contributed by atoms with E-state index in [4.69, 9.17) is 14.2 Å². The zero-order valence-electron chi connectivity index (χ0n) is 23.0. The maximum atomic E-state index is 12.5. The van der Waals surface area contributed by atoms with Gasteiger partial charge in [-0.3, -0.25) is 0 Å². The molecule has 0 heterocycles. The fraction of sp³-hybridized carbons (Fsp3) is 0.545. The Morgan fingerprint density at radius 1 is 0.757 bits per heavy atom. The van der Waals surface area contributed by atoms with Gasteiger partial charge in [-0.25, -0.2) is 4.79 Å². The lowest BCUT2D eigenvalue weighted by atomic mass is 9.82. The first kappa shape index (κ1) is 28.8. The van der Waals surface area contributed by atoms with E-state index in [-0.39, 0.29) is 5.97 Å². The van der Waals surface area contributed by atoms with Crippen LogP contribution in [0.15, 0.2) is 60.7 Å². The van der Waals surface area contributed by atoms with Crippen molar-refractivity contribution in [1.29, 1.82) is 0 Å². The molecule has 0 amide bonds. The van der Waals surface area contributed by atoms with Crippen molar-refractivity contribution in [1.82, 2.24) is 0 Å². The van der Waals surface area contributed by atoms with E-state index >= 15 is 0 Å². The van der Waals surface area contributed by atoms with Crippen LogP contribution >= 0.6 is 0 Å². The smallest absolute Gasteiger partial charge is 0.343 e. The molecule has 1 aliphatic carbocycles. The SMILES string of the molecule is CCCC=CC1CCC(COc2ccc(OC(=O)c3ccc(OCCCCCCCC)cc3)cc2)CC1. The quantitative estimate of drug-likeness (QED) is 0.0985. The number of allylic oxidation sites excluding steroid dienone is 2. The summed E-state index contributed by atoms with van der Waals surface area (Å²) in [5.41, 5.74) is 0.507. The Bertz CT molecular complexity index is 908. The minimum absolute atomic E-state index is 0.374. The molecule has 0 radical (unpaired) electrons. The van der Waals surface area contributed by atoms with Crippen LogP contribution in [0.25, 0.3) is 0 Å². The van der Waals surface area contributed by atoms with Crippen LogP contribution in [0.1, 0.15) is 101 Å². The molecule has 4 heteroatoms. The lowest BCUT2D eigenvalue weighted by molar-refractivity contribution is 0.0734. The van der Waals surface area contributed by atoms with Gasteiger partial charge in [0, 0.05) is 0 Å². The maximum Gasteiger partial charge on any atom is 0.343 e. The van der Waals surface area contributed by atoms with Crippen LogP contribution in [-0.2, 0) is 0 Å². The number of carbonyl (C=O) groups excluding carboxylic acids is 1. The molecule has 0 unspecified atom stereocenters. The third-order valence-electron chi connectivity index (χ3n) is 7.13. The van der Waals surface area contributed by atoms with Gasteiger partial charge in [0.15, 0.2) is 0 Å². The van der Waals surface area contributed by atoms with E-state index in [2.05, 4.69) is 26.0 Å². The number of ether oxygens (including phenoxy) is 3. The van der Waals surface area contributed by atoms with Gasteiger partial charge in [-0.05, 0) is 98.9 Å². The minimum atomic E-state index is -0.374. The van der Waals surface area contributed by atoms with Crippen LogP contribution in [0.4, 0.5) is 0 Å². The van der Waals surface area contributed by atoms with Gasteiger partial charge in [0.25, 0.3) is 0 Å². The Morgan fingerprint density at radius 3 is 2.08 bits per heavy atom. The van der Waals surface area contributed by atoms with Gasteiger partial charge in [-0.2, -0.15) is 0 Å². The van der Waals surface area contributed by atoms with Crippen LogP contribution in [0.5, 0.6) is 17.2 Å². The van der Waals surface area contributed by atoms with E-state index in [1.807, 2.05) is 24.3 Å². The highest BCUT2D eigenvalue weighted by molar-refractivity contribution is 5.91. The predicted molar refractivity (Wildman–Crippen MR) is 152 cm³/mol. The Balaban J connectivity index is 1.34. The first-order valence-corrected chi connectivity index (χ1v) is 14.5. The van der Waals surface area contributed by atoms with Crippen molar-refractivity contribution in [3.05, 3.63) is 66.2 Å². The third-order valence-corrected chi connectivity index (χ3v) is 7.13. The largest absolute Gasteiger partial charge is 0.494 e. The number of esters is 1. The van der Waals surface area contributed by atoms with Crippen LogP contribution in [0.3, 0.4) is 0 Å². The molecule has 0 N–H and O–H groups in total. The summed E-state index contributed by atoms with van der Waals surface area (Å²) in [6.45, 7) is 5.91. The van der Waals surface area contributed by atoms with E-state index in [9.17, 15) is 4.79 Å². The Kier molecular flexibility index (Phi) is 13.2. The monoisotopic (exact) mass is 506 g/mol. The first-order valence-electron chi connectivity index (χ1n) is 14.5. The highest BCUT2D eigenvalue weighted by Crippen LogP contribution is 2.30. The predicted octanol–water partition coefficient (Wildman–Crippen LogP) is 9.19. The van der Waals surface area contributed by atoms with Crippen molar-refractivity contribution in [2.75, 3.05) is 13.2 Å². The van der Waals surface area contributed by atoms with Gasteiger partial charge < -0.3 is 14.2 Å². The molecule has 1 fully saturated rings. The van der Waals surface area contributed by atoms with Crippen LogP contribution < -0.4 is 14.2 Å². The zero-order valence-corrected chi connectivity index (χ0v) is 23.0. The molecule has 0 spiro atoms. The summed E-state index contributed by atoms with van der Waals surface area (Å²) in [5.74, 6) is 3.10. The van der Waals surface area contributed by atoms with Gasteiger partial charge in [-0.15, -0.1) is 0 Å². The van der Waals surface area contributed by atoms with E-state index in [0.717, 1.165) is 30.4 Å². The van der Waals surface area contributed by atoms with Crippen molar-refractivity contribution in [2.45, 2.75) is 90.9 Å². The minimum Gasteiger partial charge on any atom is -0.494 e.